The van der Waals surface area contributed by atoms with Crippen LogP contribution < -0.4 is 5.32 Å². The summed E-state index contributed by atoms with van der Waals surface area (Å²) in [5, 5.41) is 21.5. The van der Waals surface area contributed by atoms with E-state index in [1.165, 1.54) is 6.07 Å². The zero-order valence-electron chi connectivity index (χ0n) is 10.4. The highest BCUT2D eigenvalue weighted by Gasteiger charge is 2.22. The van der Waals surface area contributed by atoms with Crippen LogP contribution in [0.4, 0.5) is 11.4 Å². The Kier molecular flexibility index (Phi) is 3.35. The van der Waals surface area contributed by atoms with E-state index in [2.05, 4.69) is 20.3 Å². The Morgan fingerprint density at radius 1 is 1.30 bits per heavy atom. The van der Waals surface area contributed by atoms with Gasteiger partial charge in [0.2, 0.25) is 5.52 Å². The summed E-state index contributed by atoms with van der Waals surface area (Å²) in [6.07, 6.45) is 1.60. The van der Waals surface area contributed by atoms with Gasteiger partial charge in [0, 0.05) is 34.4 Å². The molecule has 8 nitrogen and oxygen atoms in total. The molecule has 0 radical (unpaired) electrons. The van der Waals surface area contributed by atoms with Gasteiger partial charge in [0.25, 0.3) is 0 Å². The molecule has 0 unspecified atom stereocenters. The molecular formula is C11H12N4O4S. The average molecular weight is 296 g/mol. The number of aromatic nitrogens is 2. The minimum absolute atomic E-state index is 0.128. The third kappa shape index (κ3) is 2.36. The van der Waals surface area contributed by atoms with Gasteiger partial charge < -0.3 is 5.32 Å². The van der Waals surface area contributed by atoms with E-state index in [-0.39, 0.29) is 17.2 Å². The van der Waals surface area contributed by atoms with Gasteiger partial charge in [0.1, 0.15) is 0 Å². The summed E-state index contributed by atoms with van der Waals surface area (Å²) in [6.45, 7) is 0. The molecule has 0 amide bonds. The van der Waals surface area contributed by atoms with E-state index in [1.807, 2.05) is 0 Å². The molecule has 2 aromatic rings. The van der Waals surface area contributed by atoms with Crippen molar-refractivity contribution in [3.8, 4) is 0 Å². The lowest BCUT2D eigenvalue weighted by Gasteiger charge is -2.23. The second-order valence-electron chi connectivity index (χ2n) is 4.62. The maximum Gasteiger partial charge on any atom is 0.300 e. The predicted octanol–water partition coefficient (Wildman–Crippen LogP) is 1.45. The van der Waals surface area contributed by atoms with E-state index < -0.39 is 15.7 Å². The molecule has 9 heteroatoms. The fourth-order valence-electron chi connectivity index (χ4n) is 2.28. The molecule has 0 saturated carbocycles. The van der Waals surface area contributed by atoms with Crippen LogP contribution in [-0.4, -0.2) is 37.0 Å². The van der Waals surface area contributed by atoms with Crippen molar-refractivity contribution in [3.05, 3.63) is 22.2 Å². The van der Waals surface area contributed by atoms with Crippen LogP contribution in [0.25, 0.3) is 11.0 Å². The normalized spacial score (nSPS) is 22.8. The predicted molar refractivity (Wildman–Crippen MR) is 73.0 cm³/mol. The van der Waals surface area contributed by atoms with E-state index in [0.29, 0.717) is 22.7 Å². The number of rotatable bonds is 3. The largest absolute Gasteiger partial charge is 0.380 e. The maximum atomic E-state index is 11.3. The maximum absolute atomic E-state index is 11.3. The number of anilines is 1. The van der Waals surface area contributed by atoms with Gasteiger partial charge in [-0.25, -0.2) is 4.63 Å². The van der Waals surface area contributed by atoms with Gasteiger partial charge in [-0.1, -0.05) is 0 Å². The zero-order valence-corrected chi connectivity index (χ0v) is 11.3. The van der Waals surface area contributed by atoms with Gasteiger partial charge in [-0.3, -0.25) is 14.3 Å². The first-order valence-electron chi connectivity index (χ1n) is 6.16. The van der Waals surface area contributed by atoms with Gasteiger partial charge in [0.05, 0.1) is 10.6 Å². The highest BCUT2D eigenvalue weighted by Crippen LogP contribution is 2.29. The van der Waals surface area contributed by atoms with E-state index in [1.54, 1.807) is 6.07 Å². The van der Waals surface area contributed by atoms with Crippen molar-refractivity contribution in [1.29, 1.82) is 0 Å². The number of nitro benzene ring substituents is 1. The van der Waals surface area contributed by atoms with Crippen LogP contribution in [-0.2, 0) is 10.8 Å². The smallest absolute Gasteiger partial charge is 0.300 e. The zero-order chi connectivity index (χ0) is 14.1. The molecule has 106 valence electrons. The van der Waals surface area contributed by atoms with Crippen LogP contribution >= 0.6 is 0 Å². The Labute approximate surface area is 116 Å². The lowest BCUT2D eigenvalue weighted by molar-refractivity contribution is -0.383. The number of hydrogen-bond acceptors (Lipinski definition) is 7. The van der Waals surface area contributed by atoms with Gasteiger partial charge in [-0.05, 0) is 29.2 Å². The number of nitrogens with zero attached hydrogens (tertiary/aromatic N) is 3. The number of benzene rings is 1. The van der Waals surface area contributed by atoms with E-state index in [9.17, 15) is 14.3 Å². The molecule has 1 aromatic heterocycles. The second kappa shape index (κ2) is 5.16. The highest BCUT2D eigenvalue weighted by molar-refractivity contribution is 7.85. The third-order valence-electron chi connectivity index (χ3n) is 3.34. The van der Waals surface area contributed by atoms with E-state index >= 15 is 0 Å². The summed E-state index contributed by atoms with van der Waals surface area (Å²) >= 11 is 0. The van der Waals surface area contributed by atoms with Crippen molar-refractivity contribution in [2.24, 2.45) is 0 Å². The van der Waals surface area contributed by atoms with Crippen LogP contribution in [0.2, 0.25) is 0 Å². The first-order valence-corrected chi connectivity index (χ1v) is 7.65. The van der Waals surface area contributed by atoms with Crippen molar-refractivity contribution >= 4 is 33.2 Å². The van der Waals surface area contributed by atoms with Crippen molar-refractivity contribution in [3.63, 3.8) is 0 Å². The summed E-state index contributed by atoms with van der Waals surface area (Å²) in [5.74, 6) is 1.34. The lowest BCUT2D eigenvalue weighted by atomic mass is 10.1. The van der Waals surface area contributed by atoms with Crippen LogP contribution in [0.1, 0.15) is 12.8 Å². The molecule has 1 saturated heterocycles. The summed E-state index contributed by atoms with van der Waals surface area (Å²) < 4.78 is 15.9. The molecule has 1 fully saturated rings. The molecular weight excluding hydrogens is 284 g/mol. The van der Waals surface area contributed by atoms with E-state index in [0.717, 1.165) is 12.8 Å². The molecule has 20 heavy (non-hydrogen) atoms. The first kappa shape index (κ1) is 13.0. The minimum Gasteiger partial charge on any atom is -0.380 e. The monoisotopic (exact) mass is 296 g/mol. The van der Waals surface area contributed by atoms with Crippen LogP contribution in [0, 0.1) is 10.1 Å². The summed E-state index contributed by atoms with van der Waals surface area (Å²) in [4.78, 5) is 10.4. The molecule has 3 rings (SSSR count). The Morgan fingerprint density at radius 2 is 2.00 bits per heavy atom. The molecule has 0 atom stereocenters. The molecule has 0 spiro atoms. The number of non-ortho nitro benzene ring substituents is 1. The fourth-order valence-corrected chi connectivity index (χ4v) is 3.57. The van der Waals surface area contributed by atoms with Crippen LogP contribution in [0.15, 0.2) is 16.8 Å². The summed E-state index contributed by atoms with van der Waals surface area (Å²) in [5.41, 5.74) is 1.02. The minimum atomic E-state index is -0.724. The fraction of sp³-hybridized carbons (Fsp3) is 0.455. The van der Waals surface area contributed by atoms with Crippen LogP contribution in [0.5, 0.6) is 0 Å². The molecule has 2 heterocycles. The summed E-state index contributed by atoms with van der Waals surface area (Å²) in [6, 6.07) is 3.18. The third-order valence-corrected chi connectivity index (χ3v) is 4.72. The number of hydrogen-bond donors (Lipinski definition) is 1. The number of nitro groups is 1. The Balaban J connectivity index is 1.89. The lowest BCUT2D eigenvalue weighted by Crippen LogP contribution is -2.29. The Bertz CT molecular complexity index is 676. The van der Waals surface area contributed by atoms with Crippen molar-refractivity contribution in [1.82, 2.24) is 10.3 Å². The SMILES string of the molecule is O=[N+]([O-])c1ccc(NC2CCS(=O)CC2)c2nonc12. The van der Waals surface area contributed by atoms with E-state index in [4.69, 9.17) is 0 Å². The average Bonchev–Trinajstić information content (AvgIpc) is 2.91. The highest BCUT2D eigenvalue weighted by atomic mass is 32.2. The Morgan fingerprint density at radius 3 is 2.70 bits per heavy atom. The molecule has 1 N–H and O–H groups in total. The molecule has 1 aliphatic heterocycles. The van der Waals surface area contributed by atoms with Gasteiger partial charge in [0.15, 0.2) is 5.52 Å². The van der Waals surface area contributed by atoms with Crippen molar-refractivity contribution < 1.29 is 13.8 Å². The quantitative estimate of drug-likeness (QED) is 0.674. The molecule has 0 aliphatic carbocycles. The van der Waals surface area contributed by atoms with Gasteiger partial charge in [-0.2, -0.15) is 0 Å². The topological polar surface area (TPSA) is 111 Å². The molecule has 1 aromatic carbocycles. The van der Waals surface area contributed by atoms with Crippen molar-refractivity contribution in [2.45, 2.75) is 18.9 Å². The molecule has 1 aliphatic rings. The first-order chi connectivity index (χ1) is 9.65. The summed E-state index contributed by atoms with van der Waals surface area (Å²) in [7, 11) is -0.724. The second-order valence-corrected chi connectivity index (χ2v) is 6.31. The van der Waals surface area contributed by atoms with Gasteiger partial charge >= 0.3 is 5.69 Å². The van der Waals surface area contributed by atoms with Crippen LogP contribution in [0.3, 0.4) is 0 Å². The Hall–Kier alpha value is -2.03. The number of nitrogens with one attached hydrogen (secondary N) is 1. The van der Waals surface area contributed by atoms with Gasteiger partial charge in [-0.15, -0.1) is 0 Å². The standard InChI is InChI=1S/C11H12N4O4S/c16-15(17)9-2-1-8(10-11(9)14-19-13-10)12-7-3-5-20(18)6-4-7/h1-2,7,12H,3-6H2. The number of fused-ring (bicyclic) bond motifs is 1. The molecule has 0 bridgehead atoms. The van der Waals surface area contributed by atoms with Crippen molar-refractivity contribution in [2.75, 3.05) is 16.8 Å².